The Labute approximate surface area is 130 Å². The van der Waals surface area contributed by atoms with Crippen LogP contribution in [0.2, 0.25) is 0 Å². The van der Waals surface area contributed by atoms with Crippen molar-refractivity contribution >= 4 is 28.6 Å². The fourth-order valence-electron chi connectivity index (χ4n) is 3.08. The summed E-state index contributed by atoms with van der Waals surface area (Å²) >= 11 is 1.63. The fourth-order valence-corrected chi connectivity index (χ4v) is 3.44. The summed E-state index contributed by atoms with van der Waals surface area (Å²) in [7, 11) is 0. The van der Waals surface area contributed by atoms with Gasteiger partial charge in [0.25, 0.3) is 0 Å². The maximum Gasteiger partial charge on any atom is 0.235 e. The van der Waals surface area contributed by atoms with Crippen molar-refractivity contribution in [1.29, 1.82) is 0 Å². The number of piperidine rings is 1. The molecule has 1 N–H and O–H groups in total. The third kappa shape index (κ3) is 2.95. The Morgan fingerprint density at radius 2 is 2.05 bits per heavy atom. The molecule has 3 rings (SSSR count). The average Bonchev–Trinajstić information content (AvgIpc) is 2.97. The number of carbonyl (C=O) groups excluding carboxylic acids is 1. The van der Waals surface area contributed by atoms with Gasteiger partial charge in [-0.1, -0.05) is 18.2 Å². The lowest BCUT2D eigenvalue weighted by atomic mass is 9.93. The first-order valence-corrected chi connectivity index (χ1v) is 8.87. The highest BCUT2D eigenvalue weighted by Crippen LogP contribution is 2.30. The Bertz CT molecular complexity index is 596. The van der Waals surface area contributed by atoms with E-state index in [1.54, 1.807) is 11.8 Å². The first kappa shape index (κ1) is 14.5. The fraction of sp³-hybridized carbons (Fsp3) is 0.471. The van der Waals surface area contributed by atoms with E-state index in [0.29, 0.717) is 5.92 Å². The number of likely N-dealkylation sites (tertiary alicyclic amines) is 1. The molecular formula is C17H22N2OS. The van der Waals surface area contributed by atoms with Crippen molar-refractivity contribution < 1.29 is 4.79 Å². The molecule has 1 fully saturated rings. The van der Waals surface area contributed by atoms with Gasteiger partial charge in [0.2, 0.25) is 5.91 Å². The number of nitrogens with one attached hydrogen (secondary N) is 1. The third-order valence-corrected chi connectivity index (χ3v) is 5.41. The molecule has 0 saturated carbocycles. The number of para-hydroxylation sites is 1. The van der Waals surface area contributed by atoms with Gasteiger partial charge in [-0.25, -0.2) is 0 Å². The number of amides is 1. The van der Waals surface area contributed by atoms with Gasteiger partial charge in [-0.05, 0) is 43.5 Å². The van der Waals surface area contributed by atoms with Gasteiger partial charge in [-0.2, -0.15) is 11.8 Å². The van der Waals surface area contributed by atoms with E-state index in [2.05, 4.69) is 35.3 Å². The number of hydrogen-bond donors (Lipinski definition) is 1. The zero-order chi connectivity index (χ0) is 14.8. The van der Waals surface area contributed by atoms with E-state index in [-0.39, 0.29) is 11.2 Å². The Balaban J connectivity index is 1.67. The number of hydrogen-bond acceptors (Lipinski definition) is 2. The van der Waals surface area contributed by atoms with Crippen molar-refractivity contribution in [1.82, 2.24) is 9.88 Å². The molecule has 1 aromatic heterocycles. The van der Waals surface area contributed by atoms with Crippen molar-refractivity contribution in [2.45, 2.75) is 30.9 Å². The quantitative estimate of drug-likeness (QED) is 0.940. The van der Waals surface area contributed by atoms with Crippen LogP contribution in [0.3, 0.4) is 0 Å². The Morgan fingerprint density at radius 1 is 1.33 bits per heavy atom. The molecule has 0 spiro atoms. The number of rotatable bonds is 3. The molecule has 1 unspecified atom stereocenters. The number of thioether (sulfide) groups is 1. The topological polar surface area (TPSA) is 36.1 Å². The number of aromatic nitrogens is 1. The van der Waals surface area contributed by atoms with Crippen LogP contribution in [0.1, 0.15) is 31.4 Å². The number of H-pyrrole nitrogens is 1. The molecule has 1 amide bonds. The molecule has 2 heterocycles. The summed E-state index contributed by atoms with van der Waals surface area (Å²) in [5.41, 5.74) is 2.53. The molecular weight excluding hydrogens is 280 g/mol. The Morgan fingerprint density at radius 3 is 2.71 bits per heavy atom. The lowest BCUT2D eigenvalue weighted by molar-refractivity contribution is -0.131. The van der Waals surface area contributed by atoms with E-state index >= 15 is 0 Å². The summed E-state index contributed by atoms with van der Waals surface area (Å²) in [5, 5.41) is 1.36. The van der Waals surface area contributed by atoms with Crippen LogP contribution in [0.25, 0.3) is 10.9 Å². The minimum atomic E-state index is 0.0784. The van der Waals surface area contributed by atoms with Gasteiger partial charge >= 0.3 is 0 Å². The third-order valence-electron chi connectivity index (χ3n) is 4.50. The highest BCUT2D eigenvalue weighted by Gasteiger charge is 2.26. The van der Waals surface area contributed by atoms with E-state index in [1.165, 1.54) is 16.6 Å². The first-order valence-electron chi connectivity index (χ1n) is 7.58. The summed E-state index contributed by atoms with van der Waals surface area (Å²) in [4.78, 5) is 17.8. The van der Waals surface area contributed by atoms with Gasteiger partial charge in [0.15, 0.2) is 0 Å². The van der Waals surface area contributed by atoms with E-state index in [9.17, 15) is 4.79 Å². The first-order chi connectivity index (χ1) is 10.2. The summed E-state index contributed by atoms with van der Waals surface area (Å²) < 4.78 is 0. The van der Waals surface area contributed by atoms with Gasteiger partial charge in [-0.15, -0.1) is 0 Å². The Hall–Kier alpha value is -1.42. The van der Waals surface area contributed by atoms with Crippen LogP contribution in [0.4, 0.5) is 0 Å². The molecule has 4 heteroatoms. The average molecular weight is 302 g/mol. The largest absolute Gasteiger partial charge is 0.358 e. The van der Waals surface area contributed by atoms with Crippen molar-refractivity contribution in [3.05, 3.63) is 36.0 Å². The Kier molecular flexibility index (Phi) is 4.24. The smallest absolute Gasteiger partial charge is 0.235 e. The second kappa shape index (κ2) is 6.14. The van der Waals surface area contributed by atoms with Crippen LogP contribution < -0.4 is 0 Å². The number of carbonyl (C=O) groups is 1. The molecule has 3 nitrogen and oxygen atoms in total. The molecule has 112 valence electrons. The molecule has 21 heavy (non-hydrogen) atoms. The van der Waals surface area contributed by atoms with E-state index < -0.39 is 0 Å². The van der Waals surface area contributed by atoms with Crippen LogP contribution in [-0.4, -0.2) is 40.4 Å². The van der Waals surface area contributed by atoms with Crippen LogP contribution >= 0.6 is 11.8 Å². The summed E-state index contributed by atoms with van der Waals surface area (Å²) in [6.07, 6.45) is 4.11. The second-order valence-electron chi connectivity index (χ2n) is 5.79. The van der Waals surface area contributed by atoms with Gasteiger partial charge in [0, 0.05) is 30.2 Å². The van der Waals surface area contributed by atoms with Gasteiger partial charge < -0.3 is 9.88 Å². The van der Waals surface area contributed by atoms with Crippen molar-refractivity contribution in [2.24, 2.45) is 0 Å². The maximum absolute atomic E-state index is 12.2. The predicted molar refractivity (Wildman–Crippen MR) is 89.8 cm³/mol. The molecule has 1 aliphatic rings. The lowest BCUT2D eigenvalue weighted by Crippen LogP contribution is -2.41. The zero-order valence-electron chi connectivity index (χ0n) is 12.6. The number of benzene rings is 1. The molecule has 0 bridgehead atoms. The summed E-state index contributed by atoms with van der Waals surface area (Å²) in [6, 6.07) is 10.7. The molecule has 1 aliphatic heterocycles. The second-order valence-corrected chi connectivity index (χ2v) is 6.97. The maximum atomic E-state index is 12.2. The van der Waals surface area contributed by atoms with Crippen molar-refractivity contribution in [3.63, 3.8) is 0 Å². The molecule has 2 aromatic rings. The van der Waals surface area contributed by atoms with Gasteiger partial charge in [-0.3, -0.25) is 4.79 Å². The monoisotopic (exact) mass is 302 g/mol. The van der Waals surface area contributed by atoms with E-state index in [1.807, 2.05) is 18.1 Å². The number of nitrogens with zero attached hydrogens (tertiary/aromatic N) is 1. The van der Waals surface area contributed by atoms with Crippen LogP contribution in [-0.2, 0) is 4.79 Å². The lowest BCUT2D eigenvalue weighted by Gasteiger charge is -2.33. The minimum Gasteiger partial charge on any atom is -0.358 e. The minimum absolute atomic E-state index is 0.0784. The standard InChI is InChI=1S/C17H22N2OS/c1-12(21-2)17(20)19-9-7-13(8-10-19)16-11-14-5-3-4-6-15(14)18-16/h3-6,11-13,18H,7-10H2,1-2H3. The molecule has 1 aromatic carbocycles. The predicted octanol–water partition coefficient (Wildman–Crippen LogP) is 3.63. The normalized spacial score (nSPS) is 18.1. The van der Waals surface area contributed by atoms with Crippen molar-refractivity contribution in [3.8, 4) is 0 Å². The van der Waals surface area contributed by atoms with Gasteiger partial charge in [0.05, 0.1) is 5.25 Å². The molecule has 0 aliphatic carbocycles. The summed E-state index contributed by atoms with van der Waals surface area (Å²) in [6.45, 7) is 3.75. The van der Waals surface area contributed by atoms with Crippen LogP contribution in [0.5, 0.6) is 0 Å². The summed E-state index contributed by atoms with van der Waals surface area (Å²) in [5.74, 6) is 0.837. The van der Waals surface area contributed by atoms with E-state index in [0.717, 1.165) is 25.9 Å². The molecule has 1 saturated heterocycles. The molecule has 0 radical (unpaired) electrons. The van der Waals surface area contributed by atoms with Crippen molar-refractivity contribution in [2.75, 3.05) is 19.3 Å². The number of fused-ring (bicyclic) bond motifs is 1. The zero-order valence-corrected chi connectivity index (χ0v) is 13.5. The number of aromatic amines is 1. The highest BCUT2D eigenvalue weighted by molar-refractivity contribution is 7.99. The van der Waals surface area contributed by atoms with E-state index in [4.69, 9.17) is 0 Å². The SMILES string of the molecule is CSC(C)C(=O)N1CCC(c2cc3ccccc3[nH]2)CC1. The van der Waals surface area contributed by atoms with Crippen LogP contribution in [0, 0.1) is 0 Å². The molecule has 1 atom stereocenters. The highest BCUT2D eigenvalue weighted by atomic mass is 32.2. The van der Waals surface area contributed by atoms with Crippen LogP contribution in [0.15, 0.2) is 30.3 Å². The van der Waals surface area contributed by atoms with Gasteiger partial charge in [0.1, 0.15) is 0 Å².